The van der Waals surface area contributed by atoms with Crippen LogP contribution in [-0.4, -0.2) is 30.4 Å². The second-order valence-electron chi connectivity index (χ2n) is 7.27. The molecule has 1 fully saturated rings. The topological polar surface area (TPSA) is 44.4 Å². The van der Waals surface area contributed by atoms with Gasteiger partial charge >= 0.3 is 0 Å². The smallest absolute Gasteiger partial charge is 0.239 e. The monoisotopic (exact) mass is 423 g/mol. The molecule has 0 aliphatic carbocycles. The van der Waals surface area contributed by atoms with Crippen molar-refractivity contribution in [3.8, 4) is 0 Å². The molecule has 2 aromatic rings. The third-order valence-electron chi connectivity index (χ3n) is 5.02. The van der Waals surface area contributed by atoms with E-state index >= 15 is 0 Å². The summed E-state index contributed by atoms with van der Waals surface area (Å²) in [4.78, 5) is 14.5. The van der Waals surface area contributed by atoms with Crippen LogP contribution in [0.4, 0.5) is 5.69 Å². The van der Waals surface area contributed by atoms with Crippen molar-refractivity contribution < 1.29 is 4.79 Å². The SMILES string of the molecule is CC1CCN(Cc2ccc(CNC(=O)CNc3ccccc3)cc2)CC1.Cl.Cl. The van der Waals surface area contributed by atoms with E-state index in [2.05, 4.69) is 46.7 Å². The lowest BCUT2D eigenvalue weighted by Gasteiger charge is -2.30. The van der Waals surface area contributed by atoms with Gasteiger partial charge in [-0.1, -0.05) is 49.4 Å². The van der Waals surface area contributed by atoms with Crippen LogP contribution in [0.3, 0.4) is 0 Å². The maximum absolute atomic E-state index is 12.0. The van der Waals surface area contributed by atoms with Gasteiger partial charge in [0.1, 0.15) is 0 Å². The van der Waals surface area contributed by atoms with Crippen molar-refractivity contribution in [1.29, 1.82) is 0 Å². The van der Waals surface area contributed by atoms with Gasteiger partial charge in [-0.25, -0.2) is 0 Å². The third kappa shape index (κ3) is 8.09. The molecule has 0 radical (unpaired) electrons. The number of carbonyl (C=O) groups is 1. The number of likely N-dealkylation sites (tertiary alicyclic amines) is 1. The molecule has 2 aromatic carbocycles. The second kappa shape index (κ2) is 12.7. The molecule has 4 nitrogen and oxygen atoms in total. The number of para-hydroxylation sites is 1. The predicted octanol–water partition coefficient (Wildman–Crippen LogP) is 4.49. The minimum Gasteiger partial charge on any atom is -0.376 e. The van der Waals surface area contributed by atoms with E-state index in [4.69, 9.17) is 0 Å². The molecule has 1 heterocycles. The number of benzene rings is 2. The van der Waals surface area contributed by atoms with Crippen LogP contribution in [-0.2, 0) is 17.9 Å². The lowest BCUT2D eigenvalue weighted by molar-refractivity contribution is -0.119. The summed E-state index contributed by atoms with van der Waals surface area (Å²) in [5.41, 5.74) is 3.44. The Kier molecular flexibility index (Phi) is 11.0. The molecule has 0 spiro atoms. The molecule has 1 aliphatic heterocycles. The largest absolute Gasteiger partial charge is 0.376 e. The molecule has 1 aliphatic rings. The fraction of sp³-hybridized carbons (Fsp3) is 0.409. The Bertz CT molecular complexity index is 687. The van der Waals surface area contributed by atoms with E-state index in [-0.39, 0.29) is 37.3 Å². The van der Waals surface area contributed by atoms with Gasteiger partial charge in [-0.15, -0.1) is 24.8 Å². The molecule has 0 bridgehead atoms. The molecule has 28 heavy (non-hydrogen) atoms. The van der Waals surface area contributed by atoms with E-state index < -0.39 is 0 Å². The maximum Gasteiger partial charge on any atom is 0.239 e. The average molecular weight is 424 g/mol. The van der Waals surface area contributed by atoms with Crippen molar-refractivity contribution in [2.75, 3.05) is 25.0 Å². The van der Waals surface area contributed by atoms with Crippen molar-refractivity contribution >= 4 is 36.4 Å². The number of amides is 1. The standard InChI is InChI=1S/C22H29N3O.2ClH/c1-18-11-13-25(14-12-18)17-20-9-7-19(8-10-20)15-24-22(26)16-23-21-5-3-2-4-6-21;;/h2-10,18,23H,11-17H2,1H3,(H,24,26);2*1H. The number of rotatable bonds is 7. The highest BCUT2D eigenvalue weighted by Crippen LogP contribution is 2.18. The molecular weight excluding hydrogens is 393 g/mol. The zero-order valence-electron chi connectivity index (χ0n) is 16.4. The van der Waals surface area contributed by atoms with Crippen LogP contribution in [0, 0.1) is 5.92 Å². The van der Waals surface area contributed by atoms with Crippen LogP contribution < -0.4 is 10.6 Å². The van der Waals surface area contributed by atoms with Gasteiger partial charge in [-0.3, -0.25) is 9.69 Å². The van der Waals surface area contributed by atoms with Crippen molar-refractivity contribution in [2.24, 2.45) is 5.92 Å². The molecule has 154 valence electrons. The Hall–Kier alpha value is -1.75. The lowest BCUT2D eigenvalue weighted by Crippen LogP contribution is -2.32. The summed E-state index contributed by atoms with van der Waals surface area (Å²) in [6.45, 7) is 6.63. The predicted molar refractivity (Wildman–Crippen MR) is 121 cm³/mol. The summed E-state index contributed by atoms with van der Waals surface area (Å²) in [7, 11) is 0. The molecular formula is C22H31Cl2N3O. The summed E-state index contributed by atoms with van der Waals surface area (Å²) < 4.78 is 0. The highest BCUT2D eigenvalue weighted by Gasteiger charge is 2.15. The molecule has 0 aromatic heterocycles. The normalized spacial score (nSPS) is 14.5. The van der Waals surface area contributed by atoms with E-state index in [1.54, 1.807) is 0 Å². The first-order valence-corrected chi connectivity index (χ1v) is 9.55. The molecule has 0 saturated carbocycles. The van der Waals surface area contributed by atoms with Crippen molar-refractivity contribution in [3.63, 3.8) is 0 Å². The fourth-order valence-corrected chi connectivity index (χ4v) is 3.24. The number of anilines is 1. The number of halogens is 2. The van der Waals surface area contributed by atoms with E-state index in [9.17, 15) is 4.79 Å². The molecule has 0 unspecified atom stereocenters. The Labute approximate surface area is 180 Å². The quantitative estimate of drug-likeness (QED) is 0.689. The van der Waals surface area contributed by atoms with E-state index in [1.165, 1.54) is 31.5 Å². The Morgan fingerprint density at radius 1 is 0.964 bits per heavy atom. The molecule has 3 rings (SSSR count). The third-order valence-corrected chi connectivity index (χ3v) is 5.02. The van der Waals surface area contributed by atoms with Gasteiger partial charge in [-0.05, 0) is 55.1 Å². The van der Waals surface area contributed by atoms with Crippen molar-refractivity contribution in [3.05, 3.63) is 65.7 Å². The molecule has 2 N–H and O–H groups in total. The summed E-state index contributed by atoms with van der Waals surface area (Å²) in [5, 5.41) is 6.08. The number of carbonyl (C=O) groups excluding carboxylic acids is 1. The average Bonchev–Trinajstić information content (AvgIpc) is 2.68. The molecule has 1 amide bonds. The first-order chi connectivity index (χ1) is 12.7. The van der Waals surface area contributed by atoms with Gasteiger partial charge in [0.2, 0.25) is 5.91 Å². The van der Waals surface area contributed by atoms with Crippen molar-refractivity contribution in [1.82, 2.24) is 10.2 Å². The molecule has 6 heteroatoms. The number of hydrogen-bond donors (Lipinski definition) is 2. The lowest BCUT2D eigenvalue weighted by atomic mass is 9.99. The van der Waals surface area contributed by atoms with Gasteiger partial charge in [0.25, 0.3) is 0 Å². The van der Waals surface area contributed by atoms with Crippen LogP contribution in [0.1, 0.15) is 30.9 Å². The minimum atomic E-state index is 0. The Morgan fingerprint density at radius 3 is 2.21 bits per heavy atom. The highest BCUT2D eigenvalue weighted by atomic mass is 35.5. The van der Waals surface area contributed by atoms with Gasteiger partial charge in [0, 0.05) is 18.8 Å². The summed E-state index contributed by atoms with van der Waals surface area (Å²) in [5.74, 6) is 0.869. The van der Waals surface area contributed by atoms with Crippen LogP contribution >= 0.6 is 24.8 Å². The summed E-state index contributed by atoms with van der Waals surface area (Å²) in [6, 6.07) is 18.4. The zero-order chi connectivity index (χ0) is 18.2. The highest BCUT2D eigenvalue weighted by molar-refractivity contribution is 5.85. The Balaban J connectivity index is 0.00000196. The summed E-state index contributed by atoms with van der Waals surface area (Å²) in [6.07, 6.45) is 2.61. The zero-order valence-corrected chi connectivity index (χ0v) is 18.0. The van der Waals surface area contributed by atoms with Crippen LogP contribution in [0.15, 0.2) is 54.6 Å². The maximum atomic E-state index is 12.0. The van der Waals surface area contributed by atoms with E-state index in [1.807, 2.05) is 30.3 Å². The first-order valence-electron chi connectivity index (χ1n) is 9.55. The van der Waals surface area contributed by atoms with E-state index in [0.717, 1.165) is 23.7 Å². The second-order valence-corrected chi connectivity index (χ2v) is 7.27. The summed E-state index contributed by atoms with van der Waals surface area (Å²) >= 11 is 0. The molecule has 0 atom stereocenters. The van der Waals surface area contributed by atoms with Gasteiger partial charge < -0.3 is 10.6 Å². The number of piperidine rings is 1. The van der Waals surface area contributed by atoms with E-state index in [0.29, 0.717) is 6.54 Å². The van der Waals surface area contributed by atoms with Gasteiger partial charge in [0.15, 0.2) is 0 Å². The van der Waals surface area contributed by atoms with Crippen LogP contribution in [0.25, 0.3) is 0 Å². The minimum absolute atomic E-state index is 0. The number of nitrogens with zero attached hydrogens (tertiary/aromatic N) is 1. The Morgan fingerprint density at radius 2 is 1.57 bits per heavy atom. The fourth-order valence-electron chi connectivity index (χ4n) is 3.24. The van der Waals surface area contributed by atoms with Gasteiger partial charge in [-0.2, -0.15) is 0 Å². The first kappa shape index (κ1) is 24.3. The number of hydrogen-bond acceptors (Lipinski definition) is 3. The van der Waals surface area contributed by atoms with Gasteiger partial charge in [0.05, 0.1) is 6.54 Å². The number of nitrogens with one attached hydrogen (secondary N) is 2. The van der Waals surface area contributed by atoms with Crippen LogP contribution in [0.5, 0.6) is 0 Å². The van der Waals surface area contributed by atoms with Crippen molar-refractivity contribution in [2.45, 2.75) is 32.9 Å². The molecule has 1 saturated heterocycles. The van der Waals surface area contributed by atoms with Crippen LogP contribution in [0.2, 0.25) is 0 Å².